The van der Waals surface area contributed by atoms with Crippen molar-refractivity contribution in [3.8, 4) is 0 Å². The molecule has 0 aliphatic carbocycles. The molecule has 1 radical (unpaired) electrons. The molecule has 0 fully saturated rings. The zero-order valence-corrected chi connectivity index (χ0v) is 14.4. The third-order valence-corrected chi connectivity index (χ3v) is 1.79. The van der Waals surface area contributed by atoms with Crippen LogP contribution >= 0.6 is 0 Å². The Balaban J connectivity index is 0. The van der Waals surface area contributed by atoms with Gasteiger partial charge in [0.05, 0.1) is 0 Å². The number of carboxylic acid groups (broad SMARTS) is 1. The number of hydrogen-bond donors (Lipinski definition) is 3. The topological polar surface area (TPSA) is 77.8 Å². The van der Waals surface area contributed by atoms with Crippen molar-refractivity contribution in [1.82, 2.24) is 0 Å². The van der Waals surface area contributed by atoms with Crippen molar-refractivity contribution in [3.05, 3.63) is 29.3 Å². The number of carboxylic acids is 1. The molecule has 1 aromatic rings. The molecule has 0 heterocycles. The van der Waals surface area contributed by atoms with Crippen LogP contribution in [0.4, 0.5) is 0 Å². The summed E-state index contributed by atoms with van der Waals surface area (Å²) in [6.45, 7) is 1.72. The average Bonchev–Trinajstić information content (AvgIpc) is 2.07. The van der Waals surface area contributed by atoms with Gasteiger partial charge in [0.25, 0.3) is 0 Å². The summed E-state index contributed by atoms with van der Waals surface area (Å²) in [6.07, 6.45) is -0.180. The van der Waals surface area contributed by atoms with Crippen LogP contribution < -0.4 is 5.46 Å². The van der Waals surface area contributed by atoms with E-state index < -0.39 is 13.1 Å². The van der Waals surface area contributed by atoms with Crippen LogP contribution in [0.5, 0.6) is 0 Å². The van der Waals surface area contributed by atoms with Crippen molar-refractivity contribution in [2.75, 3.05) is 0 Å². The average molecular weight is 465 g/mol. The molecule has 0 saturated heterocycles. The maximum Gasteiger partial charge on any atom is 0.437 e. The van der Waals surface area contributed by atoms with E-state index in [2.05, 4.69) is 12.1 Å². The zero-order valence-electron chi connectivity index (χ0n) is 8.60. The third-order valence-electron chi connectivity index (χ3n) is 1.79. The molecule has 1 aromatic carbocycles. The van der Waals surface area contributed by atoms with Gasteiger partial charge in [-0.1, -0.05) is 0 Å². The van der Waals surface area contributed by atoms with E-state index in [4.69, 9.17) is 15.2 Å². The molecule has 0 aromatic heterocycles. The Morgan fingerprint density at radius 1 is 1.50 bits per heavy atom. The molecule has 0 aliphatic rings. The molecule has 16 heavy (non-hydrogen) atoms. The van der Waals surface area contributed by atoms with Gasteiger partial charge in [-0.05, 0) is 0 Å². The van der Waals surface area contributed by atoms with Crippen molar-refractivity contribution in [2.24, 2.45) is 0 Å². The van der Waals surface area contributed by atoms with E-state index in [1.165, 1.54) is 6.07 Å². The minimum absolute atomic E-state index is 0. The monoisotopic (exact) mass is 465 g/mol. The normalized spacial score (nSPS) is 8.69. The van der Waals surface area contributed by atoms with E-state index in [9.17, 15) is 4.79 Å². The van der Waals surface area contributed by atoms with E-state index in [0.717, 1.165) is 5.56 Å². The van der Waals surface area contributed by atoms with Crippen LogP contribution in [0.15, 0.2) is 6.07 Å². The van der Waals surface area contributed by atoms with Crippen molar-refractivity contribution in [2.45, 2.75) is 13.3 Å². The van der Waals surface area contributed by atoms with Crippen molar-refractivity contribution < 1.29 is 73.7 Å². The van der Waals surface area contributed by atoms with Gasteiger partial charge >= 0.3 is 13.1 Å². The summed E-state index contributed by atoms with van der Waals surface area (Å²) in [6, 6.07) is 6.73. The fraction of sp³-hybridized carbons (Fsp3) is 0.222. The number of aliphatic carboxylic acids is 1. The smallest absolute Gasteiger partial charge is 0.437 e. The molecule has 0 aliphatic heterocycles. The van der Waals surface area contributed by atoms with Gasteiger partial charge in [0.2, 0.25) is 0 Å². The van der Waals surface area contributed by atoms with E-state index in [1.54, 1.807) is 6.92 Å². The molecule has 1 rings (SSSR count). The zero-order chi connectivity index (χ0) is 10.7. The van der Waals surface area contributed by atoms with Gasteiger partial charge in [0, 0.05) is 60.2 Å². The third kappa shape index (κ3) is 5.69. The molecule has 3 N–H and O–H groups in total. The second-order valence-corrected chi connectivity index (χ2v) is 2.93. The number of aryl methyl sites for hydroxylation is 1. The summed E-state index contributed by atoms with van der Waals surface area (Å²) in [5, 5.41) is 26.2. The molecule has 0 atom stereocenters. The van der Waals surface area contributed by atoms with E-state index in [-0.39, 0.29) is 65.7 Å². The van der Waals surface area contributed by atoms with Crippen molar-refractivity contribution in [1.29, 1.82) is 0 Å². The molecule has 0 bridgehead atoms. The second kappa shape index (κ2) is 8.54. The fourth-order valence-corrected chi connectivity index (χ4v) is 1.04. The van der Waals surface area contributed by atoms with E-state index in [0.29, 0.717) is 5.56 Å². The van der Waals surface area contributed by atoms with Gasteiger partial charge < -0.3 is 27.3 Å². The first kappa shape index (κ1) is 18.8. The van der Waals surface area contributed by atoms with Gasteiger partial charge in [-0.15, -0.1) is 6.92 Å². The molecule has 4 nitrogen and oxygen atoms in total. The molecule has 0 amide bonds. The molecular formula is C9H9BO4WY-2. The van der Waals surface area contributed by atoms with E-state index in [1.807, 2.05) is 0 Å². The van der Waals surface area contributed by atoms with E-state index >= 15 is 0 Å². The fourth-order valence-electron chi connectivity index (χ4n) is 1.04. The van der Waals surface area contributed by atoms with Crippen LogP contribution in [0.25, 0.3) is 0 Å². The first-order valence-corrected chi connectivity index (χ1v) is 4.02. The molecule has 0 unspecified atom stereocenters. The maximum absolute atomic E-state index is 10.4. The van der Waals surface area contributed by atoms with Crippen LogP contribution in [0.1, 0.15) is 11.1 Å². The van der Waals surface area contributed by atoms with Gasteiger partial charge in [0.15, 0.2) is 0 Å². The Bertz CT molecular complexity index is 359. The molecular weight excluding hydrogens is 456 g/mol. The minimum atomic E-state index is -1.66. The maximum atomic E-state index is 10.4. The second-order valence-electron chi connectivity index (χ2n) is 2.93. The van der Waals surface area contributed by atoms with Gasteiger partial charge in [-0.3, -0.25) is 27.5 Å². The summed E-state index contributed by atoms with van der Waals surface area (Å²) in [7, 11) is -1.66. The summed E-state index contributed by atoms with van der Waals surface area (Å²) in [5.74, 6) is -0.978. The van der Waals surface area contributed by atoms with Crippen molar-refractivity contribution in [3.63, 3.8) is 0 Å². The Morgan fingerprint density at radius 3 is 2.50 bits per heavy atom. The van der Waals surface area contributed by atoms with Crippen LogP contribution in [0.3, 0.4) is 0 Å². The van der Waals surface area contributed by atoms with Crippen LogP contribution in [-0.4, -0.2) is 28.2 Å². The minimum Gasteiger partial charge on any atom is -0.481 e. The first-order valence-electron chi connectivity index (χ1n) is 4.02. The number of hydrogen-bond acceptors (Lipinski definition) is 3. The number of benzene rings is 1. The molecule has 83 valence electrons. The Labute approximate surface area is 134 Å². The first-order chi connectivity index (χ1) is 6.50. The van der Waals surface area contributed by atoms with Gasteiger partial charge in [0.1, 0.15) is 0 Å². The van der Waals surface area contributed by atoms with Gasteiger partial charge in [-0.25, -0.2) is 0 Å². The molecule has 0 spiro atoms. The number of rotatable bonds is 3. The quantitative estimate of drug-likeness (QED) is 0.392. The standard InChI is InChI=1S/C9H9BO4.W.Y/c1-6-2-3-8(10(13)14)4-7(6)5-9(11)12;;/h2,13-14H,5H2,1H3,(H,11,12);;/q-2;;. The Morgan fingerprint density at radius 2 is 2.06 bits per heavy atom. The van der Waals surface area contributed by atoms with Crippen LogP contribution in [-0.2, 0) is 65.0 Å². The van der Waals surface area contributed by atoms with Gasteiger partial charge in [-0.2, -0.15) is 0 Å². The SMILES string of the molecule is Cc1c[c-]c(B(O)O)[c-]c1CC(=O)O.[W].[Y]. The van der Waals surface area contributed by atoms with Crippen LogP contribution in [0, 0.1) is 19.1 Å². The summed E-state index contributed by atoms with van der Waals surface area (Å²) < 4.78 is 0. The van der Waals surface area contributed by atoms with Crippen LogP contribution in [0.2, 0.25) is 0 Å². The summed E-state index contributed by atoms with van der Waals surface area (Å²) in [4.78, 5) is 10.4. The summed E-state index contributed by atoms with van der Waals surface area (Å²) in [5.41, 5.74) is 1.23. The Hall–Kier alpha value is 0.467. The molecule has 0 saturated carbocycles. The molecule has 7 heteroatoms. The summed E-state index contributed by atoms with van der Waals surface area (Å²) >= 11 is 0. The Kier molecular flexibility index (Phi) is 10.0. The largest absolute Gasteiger partial charge is 0.481 e. The van der Waals surface area contributed by atoms with Crippen molar-refractivity contribution >= 4 is 18.6 Å². The predicted molar refractivity (Wildman–Crippen MR) is 50.0 cm³/mol. The predicted octanol–water partition coefficient (Wildman–Crippen LogP) is -1.10. The number of carbonyl (C=O) groups is 1.